The van der Waals surface area contributed by atoms with Crippen molar-refractivity contribution in [2.24, 2.45) is 35.0 Å². The molecule has 0 aromatic heterocycles. The fourth-order valence-corrected chi connectivity index (χ4v) is 8.13. The van der Waals surface area contributed by atoms with E-state index < -0.39 is 0 Å². The summed E-state index contributed by atoms with van der Waals surface area (Å²) in [5.74, 6) is 4.50. The molecule has 1 saturated heterocycles. The molecule has 1 aliphatic heterocycles. The van der Waals surface area contributed by atoms with Crippen molar-refractivity contribution in [3.05, 3.63) is 0 Å². The van der Waals surface area contributed by atoms with E-state index in [1.807, 2.05) is 0 Å². The van der Waals surface area contributed by atoms with E-state index in [9.17, 15) is 9.59 Å². The molecule has 6 rings (SSSR count). The summed E-state index contributed by atoms with van der Waals surface area (Å²) in [6.07, 6.45) is 14.8. The van der Waals surface area contributed by atoms with Gasteiger partial charge in [-0.1, -0.05) is 19.8 Å². The first-order chi connectivity index (χ1) is 14.0. The third-order valence-corrected chi connectivity index (χ3v) is 9.29. The number of hydrogen-bond acceptors (Lipinski definition) is 2. The second-order valence-corrected chi connectivity index (χ2v) is 11.7. The number of carbonyl (C=O) groups is 2. The quantitative estimate of drug-likeness (QED) is 0.737. The average Bonchev–Trinajstić information content (AvgIpc) is 3.12. The van der Waals surface area contributed by atoms with Gasteiger partial charge in [-0.2, -0.15) is 0 Å². The zero-order valence-electron chi connectivity index (χ0n) is 18.3. The smallest absolute Gasteiger partial charge is 0.223 e. The van der Waals surface area contributed by atoms with Crippen LogP contribution in [0, 0.1) is 35.0 Å². The maximum atomic E-state index is 13.2. The highest BCUT2D eigenvalue weighted by Crippen LogP contribution is 2.54. The lowest BCUT2D eigenvalue weighted by molar-refractivity contribution is -0.136. The third-order valence-electron chi connectivity index (χ3n) is 9.29. The molecule has 4 nitrogen and oxygen atoms in total. The van der Waals surface area contributed by atoms with Crippen LogP contribution in [0.1, 0.15) is 90.4 Å². The SMILES string of the molecule is C[C@@H]1CCCN(C(=O)CC2(CC(=O)NC3C4CC5CC(C4)CC3C5)CCCC2)C1. The van der Waals surface area contributed by atoms with E-state index >= 15 is 0 Å². The first kappa shape index (κ1) is 19.9. The molecule has 1 heterocycles. The summed E-state index contributed by atoms with van der Waals surface area (Å²) in [5.41, 5.74) is -0.0756. The lowest BCUT2D eigenvalue weighted by Crippen LogP contribution is -2.56. The average molecular weight is 401 g/mol. The van der Waals surface area contributed by atoms with Crippen molar-refractivity contribution in [3.63, 3.8) is 0 Å². The number of carbonyl (C=O) groups excluding carboxylic acids is 2. The lowest BCUT2D eigenvalue weighted by atomic mass is 9.54. The van der Waals surface area contributed by atoms with Crippen LogP contribution in [0.3, 0.4) is 0 Å². The van der Waals surface area contributed by atoms with E-state index in [0.717, 1.165) is 56.0 Å². The van der Waals surface area contributed by atoms with Gasteiger partial charge in [-0.3, -0.25) is 9.59 Å². The van der Waals surface area contributed by atoms with Crippen LogP contribution in [-0.2, 0) is 9.59 Å². The highest BCUT2D eigenvalue weighted by Gasteiger charge is 2.49. The molecule has 5 saturated carbocycles. The first-order valence-electron chi connectivity index (χ1n) is 12.6. The number of hydrogen-bond donors (Lipinski definition) is 1. The van der Waals surface area contributed by atoms with E-state index in [1.54, 1.807) is 0 Å². The minimum Gasteiger partial charge on any atom is -0.353 e. The van der Waals surface area contributed by atoms with Gasteiger partial charge in [-0.25, -0.2) is 0 Å². The zero-order valence-corrected chi connectivity index (χ0v) is 18.3. The van der Waals surface area contributed by atoms with Gasteiger partial charge < -0.3 is 10.2 Å². The lowest BCUT2D eigenvalue weighted by Gasteiger charge is -2.54. The highest BCUT2D eigenvalue weighted by molar-refractivity contribution is 5.81. The Morgan fingerprint density at radius 1 is 0.931 bits per heavy atom. The van der Waals surface area contributed by atoms with Crippen LogP contribution >= 0.6 is 0 Å². The molecule has 4 bridgehead atoms. The third kappa shape index (κ3) is 4.10. The van der Waals surface area contributed by atoms with E-state index in [1.165, 1.54) is 51.4 Å². The summed E-state index contributed by atoms with van der Waals surface area (Å²) in [6, 6.07) is 0.424. The van der Waals surface area contributed by atoms with E-state index in [4.69, 9.17) is 0 Å². The van der Waals surface area contributed by atoms with Crippen LogP contribution in [0.2, 0.25) is 0 Å². The van der Waals surface area contributed by atoms with Gasteiger partial charge in [0.15, 0.2) is 0 Å². The number of nitrogens with zero attached hydrogens (tertiary/aromatic N) is 1. The summed E-state index contributed by atoms with van der Waals surface area (Å²) in [7, 11) is 0. The van der Waals surface area contributed by atoms with Gasteiger partial charge in [-0.15, -0.1) is 0 Å². The molecule has 1 N–H and O–H groups in total. The monoisotopic (exact) mass is 400 g/mol. The number of likely N-dealkylation sites (tertiary alicyclic amines) is 1. The summed E-state index contributed by atoms with van der Waals surface area (Å²) in [4.78, 5) is 28.3. The molecular weight excluding hydrogens is 360 g/mol. The maximum Gasteiger partial charge on any atom is 0.223 e. The number of amides is 2. The van der Waals surface area contributed by atoms with Gasteiger partial charge in [0.2, 0.25) is 11.8 Å². The van der Waals surface area contributed by atoms with Gasteiger partial charge in [-0.05, 0) is 92.8 Å². The zero-order chi connectivity index (χ0) is 20.0. The highest BCUT2D eigenvalue weighted by atomic mass is 16.2. The van der Waals surface area contributed by atoms with Crippen molar-refractivity contribution in [2.45, 2.75) is 96.4 Å². The molecule has 0 aromatic carbocycles. The van der Waals surface area contributed by atoms with Crippen molar-refractivity contribution in [1.29, 1.82) is 0 Å². The van der Waals surface area contributed by atoms with E-state index in [-0.39, 0.29) is 11.3 Å². The van der Waals surface area contributed by atoms with Gasteiger partial charge in [0, 0.05) is 32.0 Å². The number of rotatable bonds is 5. The Hall–Kier alpha value is -1.06. The minimum atomic E-state index is -0.0756. The second kappa shape index (κ2) is 7.89. The molecule has 0 aromatic rings. The molecule has 5 aliphatic carbocycles. The summed E-state index contributed by atoms with van der Waals surface area (Å²) >= 11 is 0. The minimum absolute atomic E-state index is 0.0756. The summed E-state index contributed by atoms with van der Waals surface area (Å²) in [5, 5.41) is 3.51. The Kier molecular flexibility index (Phi) is 5.41. The van der Waals surface area contributed by atoms with E-state index in [0.29, 0.717) is 30.7 Å². The Bertz CT molecular complexity index is 611. The largest absolute Gasteiger partial charge is 0.353 e. The Balaban J connectivity index is 1.20. The van der Waals surface area contributed by atoms with Crippen LogP contribution in [0.4, 0.5) is 0 Å². The van der Waals surface area contributed by atoms with Gasteiger partial charge in [0.25, 0.3) is 0 Å². The predicted molar refractivity (Wildman–Crippen MR) is 114 cm³/mol. The maximum absolute atomic E-state index is 13.2. The normalized spacial score (nSPS) is 40.2. The Morgan fingerprint density at radius 3 is 2.21 bits per heavy atom. The molecule has 162 valence electrons. The van der Waals surface area contributed by atoms with Gasteiger partial charge >= 0.3 is 0 Å². The standard InChI is InChI=1S/C25H40N2O2/c1-17-5-4-8-27(16-17)23(29)15-25(6-2-3-7-25)14-22(28)26-24-20-10-18-9-19(12-20)13-21(24)11-18/h17-21,24H,2-16H2,1H3,(H,26,28)/t17-,18?,19?,20?,21?,24?/m1/s1. The van der Waals surface area contributed by atoms with Crippen molar-refractivity contribution in [2.75, 3.05) is 13.1 Å². The molecule has 0 spiro atoms. The van der Waals surface area contributed by atoms with Crippen molar-refractivity contribution in [3.8, 4) is 0 Å². The molecule has 0 unspecified atom stereocenters. The topological polar surface area (TPSA) is 49.4 Å². The molecular formula is C25H40N2O2. The molecule has 2 amide bonds. The Labute approximate surface area is 176 Å². The molecule has 0 radical (unpaired) electrons. The van der Waals surface area contributed by atoms with Crippen molar-refractivity contribution < 1.29 is 9.59 Å². The number of nitrogens with one attached hydrogen (secondary N) is 1. The fourth-order valence-electron chi connectivity index (χ4n) is 8.13. The molecule has 1 atom stereocenters. The fraction of sp³-hybridized carbons (Fsp3) is 0.920. The van der Waals surface area contributed by atoms with Crippen LogP contribution in [-0.4, -0.2) is 35.8 Å². The van der Waals surface area contributed by atoms with Crippen molar-refractivity contribution >= 4 is 11.8 Å². The van der Waals surface area contributed by atoms with Gasteiger partial charge in [0.05, 0.1) is 0 Å². The molecule has 6 fully saturated rings. The van der Waals surface area contributed by atoms with Crippen LogP contribution in [0.25, 0.3) is 0 Å². The van der Waals surface area contributed by atoms with Crippen LogP contribution in [0.15, 0.2) is 0 Å². The van der Waals surface area contributed by atoms with Crippen LogP contribution < -0.4 is 5.32 Å². The van der Waals surface area contributed by atoms with Crippen LogP contribution in [0.5, 0.6) is 0 Å². The molecule has 4 heteroatoms. The Morgan fingerprint density at radius 2 is 1.59 bits per heavy atom. The van der Waals surface area contributed by atoms with Crippen molar-refractivity contribution in [1.82, 2.24) is 10.2 Å². The second-order valence-electron chi connectivity index (χ2n) is 11.7. The van der Waals surface area contributed by atoms with Gasteiger partial charge in [0.1, 0.15) is 0 Å². The molecule has 29 heavy (non-hydrogen) atoms. The number of piperidine rings is 1. The predicted octanol–water partition coefficient (Wildman–Crippen LogP) is 4.53. The molecule has 6 aliphatic rings. The summed E-state index contributed by atoms with van der Waals surface area (Å²) in [6.45, 7) is 4.08. The first-order valence-corrected chi connectivity index (χ1v) is 12.6. The summed E-state index contributed by atoms with van der Waals surface area (Å²) < 4.78 is 0. The van der Waals surface area contributed by atoms with E-state index in [2.05, 4.69) is 17.1 Å².